The summed E-state index contributed by atoms with van der Waals surface area (Å²) in [6.45, 7) is 0. The summed E-state index contributed by atoms with van der Waals surface area (Å²) >= 11 is 0. The molecule has 29 heavy (non-hydrogen) atoms. The van der Waals surface area contributed by atoms with E-state index in [2.05, 4.69) is 10.3 Å². The van der Waals surface area contributed by atoms with Gasteiger partial charge in [-0.05, 0) is 42.5 Å². The van der Waals surface area contributed by atoms with Gasteiger partial charge in [0.15, 0.2) is 15.4 Å². The van der Waals surface area contributed by atoms with Crippen molar-refractivity contribution < 1.29 is 17.6 Å². The Morgan fingerprint density at radius 1 is 0.931 bits per heavy atom. The van der Waals surface area contributed by atoms with E-state index in [-0.39, 0.29) is 23.0 Å². The first-order valence-electron chi connectivity index (χ1n) is 9.05. The van der Waals surface area contributed by atoms with Crippen LogP contribution in [-0.2, 0) is 14.6 Å². The maximum absolute atomic E-state index is 12.3. The number of amides is 1. The van der Waals surface area contributed by atoms with Crippen LogP contribution in [-0.4, -0.2) is 25.1 Å². The Morgan fingerprint density at radius 2 is 1.69 bits per heavy atom. The molecule has 1 aromatic heterocycles. The fourth-order valence-corrected chi connectivity index (χ4v) is 4.18. The highest BCUT2D eigenvalue weighted by atomic mass is 32.2. The monoisotopic (exact) mass is 406 g/mol. The normalized spacial score (nSPS) is 11.4. The number of carbonyl (C=O) groups excluding carboxylic acids is 1. The zero-order valence-corrected chi connectivity index (χ0v) is 16.2. The maximum atomic E-state index is 12.3. The van der Waals surface area contributed by atoms with E-state index in [0.29, 0.717) is 17.2 Å². The summed E-state index contributed by atoms with van der Waals surface area (Å²) in [6.07, 6.45) is -0.135. The van der Waals surface area contributed by atoms with Crippen molar-refractivity contribution >= 4 is 32.5 Å². The van der Waals surface area contributed by atoms with Gasteiger partial charge in [-0.3, -0.25) is 4.79 Å². The Hall–Kier alpha value is -3.45. The van der Waals surface area contributed by atoms with Gasteiger partial charge in [-0.2, -0.15) is 0 Å². The van der Waals surface area contributed by atoms with E-state index in [4.69, 9.17) is 4.42 Å². The van der Waals surface area contributed by atoms with Crippen LogP contribution in [0.3, 0.4) is 0 Å². The molecule has 0 saturated heterocycles. The van der Waals surface area contributed by atoms with E-state index in [1.807, 2.05) is 30.3 Å². The number of para-hydroxylation sites is 2. The van der Waals surface area contributed by atoms with E-state index >= 15 is 0 Å². The molecule has 0 unspecified atom stereocenters. The first-order valence-corrected chi connectivity index (χ1v) is 10.7. The fourth-order valence-electron chi connectivity index (χ4n) is 2.92. The molecule has 0 aliphatic heterocycles. The predicted octanol–water partition coefficient (Wildman–Crippen LogP) is 4.30. The zero-order chi connectivity index (χ0) is 20.3. The predicted molar refractivity (Wildman–Crippen MR) is 111 cm³/mol. The van der Waals surface area contributed by atoms with Crippen LogP contribution in [0.2, 0.25) is 0 Å². The molecule has 0 spiro atoms. The SMILES string of the molecule is O=C(CCS(=O)(=O)c1ccccc1)Nc1cccc(-c2nc3ccccc3o2)c1. The van der Waals surface area contributed by atoms with Crippen LogP contribution < -0.4 is 5.32 Å². The lowest BCUT2D eigenvalue weighted by Crippen LogP contribution is -2.17. The number of carbonyl (C=O) groups is 1. The van der Waals surface area contributed by atoms with Crippen LogP contribution in [0.1, 0.15) is 6.42 Å². The van der Waals surface area contributed by atoms with E-state index in [0.717, 1.165) is 11.1 Å². The molecular formula is C22H18N2O4S. The van der Waals surface area contributed by atoms with Gasteiger partial charge in [0.2, 0.25) is 11.8 Å². The lowest BCUT2D eigenvalue weighted by molar-refractivity contribution is -0.115. The fraction of sp³-hybridized carbons (Fsp3) is 0.0909. The standard InChI is InChI=1S/C22H18N2O4S/c25-21(13-14-29(26,27)18-9-2-1-3-10-18)23-17-8-6-7-16(15-17)22-24-19-11-4-5-12-20(19)28-22/h1-12,15H,13-14H2,(H,23,25). The average Bonchev–Trinajstić information content (AvgIpc) is 3.18. The van der Waals surface area contributed by atoms with Crippen molar-refractivity contribution in [2.75, 3.05) is 11.1 Å². The summed E-state index contributed by atoms with van der Waals surface area (Å²) in [4.78, 5) is 16.9. The number of hydrogen-bond donors (Lipinski definition) is 1. The summed E-state index contributed by atoms with van der Waals surface area (Å²) in [5.74, 6) is -0.179. The molecule has 0 fully saturated rings. The van der Waals surface area contributed by atoms with Crippen LogP contribution >= 0.6 is 0 Å². The number of hydrogen-bond acceptors (Lipinski definition) is 5. The van der Waals surface area contributed by atoms with Gasteiger partial charge >= 0.3 is 0 Å². The lowest BCUT2D eigenvalue weighted by Gasteiger charge is -2.07. The molecule has 0 atom stereocenters. The summed E-state index contributed by atoms with van der Waals surface area (Å²) in [5.41, 5.74) is 2.70. The number of nitrogens with zero attached hydrogens (tertiary/aromatic N) is 1. The van der Waals surface area contributed by atoms with Crippen LogP contribution in [0, 0.1) is 0 Å². The van der Waals surface area contributed by atoms with Crippen molar-refractivity contribution in [2.45, 2.75) is 11.3 Å². The van der Waals surface area contributed by atoms with Crippen LogP contribution in [0.5, 0.6) is 0 Å². The zero-order valence-electron chi connectivity index (χ0n) is 15.4. The van der Waals surface area contributed by atoms with Gasteiger partial charge in [0, 0.05) is 17.7 Å². The Morgan fingerprint density at radius 3 is 2.48 bits per heavy atom. The lowest BCUT2D eigenvalue weighted by atomic mass is 10.2. The third-order valence-electron chi connectivity index (χ3n) is 4.39. The van der Waals surface area contributed by atoms with Crippen molar-refractivity contribution in [1.82, 2.24) is 4.98 Å². The maximum Gasteiger partial charge on any atom is 0.227 e. The van der Waals surface area contributed by atoms with Gasteiger partial charge < -0.3 is 9.73 Å². The molecule has 0 bridgehead atoms. The largest absolute Gasteiger partial charge is 0.436 e. The first-order chi connectivity index (χ1) is 14.0. The quantitative estimate of drug-likeness (QED) is 0.516. The van der Waals surface area contributed by atoms with Gasteiger partial charge in [-0.15, -0.1) is 0 Å². The van der Waals surface area contributed by atoms with Gasteiger partial charge in [0.1, 0.15) is 5.52 Å². The van der Waals surface area contributed by atoms with E-state index in [1.54, 1.807) is 36.4 Å². The topological polar surface area (TPSA) is 89.3 Å². The highest BCUT2D eigenvalue weighted by Gasteiger charge is 2.16. The molecule has 0 aliphatic carbocycles. The number of benzene rings is 3. The number of nitrogens with one attached hydrogen (secondary N) is 1. The third kappa shape index (κ3) is 4.35. The number of oxazole rings is 1. The molecule has 1 amide bonds. The summed E-state index contributed by atoms with van der Waals surface area (Å²) in [6, 6.07) is 22.7. The molecular weight excluding hydrogens is 388 g/mol. The third-order valence-corrected chi connectivity index (χ3v) is 6.12. The number of fused-ring (bicyclic) bond motifs is 1. The number of aromatic nitrogens is 1. The van der Waals surface area contributed by atoms with E-state index in [1.165, 1.54) is 12.1 Å². The molecule has 7 heteroatoms. The Labute approximate surface area is 168 Å². The number of anilines is 1. The van der Waals surface area contributed by atoms with Crippen molar-refractivity contribution in [3.05, 3.63) is 78.9 Å². The summed E-state index contributed by atoms with van der Waals surface area (Å²) in [5, 5.41) is 2.74. The second-order valence-electron chi connectivity index (χ2n) is 6.50. The first kappa shape index (κ1) is 18.9. The molecule has 0 radical (unpaired) electrons. The highest BCUT2D eigenvalue weighted by Crippen LogP contribution is 2.26. The minimum absolute atomic E-state index is 0.135. The molecule has 1 N–H and O–H groups in total. The minimum Gasteiger partial charge on any atom is -0.436 e. The van der Waals surface area contributed by atoms with Gasteiger partial charge in [-0.1, -0.05) is 36.4 Å². The van der Waals surface area contributed by atoms with Crippen molar-refractivity contribution in [3.8, 4) is 11.5 Å². The molecule has 1 heterocycles. The van der Waals surface area contributed by atoms with Gasteiger partial charge in [0.25, 0.3) is 0 Å². The molecule has 146 valence electrons. The van der Waals surface area contributed by atoms with Crippen LogP contribution in [0.4, 0.5) is 5.69 Å². The molecule has 0 saturated carbocycles. The van der Waals surface area contributed by atoms with Crippen molar-refractivity contribution in [2.24, 2.45) is 0 Å². The highest BCUT2D eigenvalue weighted by molar-refractivity contribution is 7.91. The van der Waals surface area contributed by atoms with E-state index in [9.17, 15) is 13.2 Å². The molecule has 6 nitrogen and oxygen atoms in total. The Balaban J connectivity index is 1.44. The van der Waals surface area contributed by atoms with Gasteiger partial charge in [-0.25, -0.2) is 13.4 Å². The van der Waals surface area contributed by atoms with Crippen molar-refractivity contribution in [3.63, 3.8) is 0 Å². The number of sulfone groups is 1. The van der Waals surface area contributed by atoms with Crippen LogP contribution in [0.15, 0.2) is 88.2 Å². The molecule has 4 rings (SSSR count). The average molecular weight is 406 g/mol. The smallest absolute Gasteiger partial charge is 0.227 e. The Kier molecular flexibility index (Phi) is 5.14. The Bertz CT molecular complexity index is 1230. The molecule has 4 aromatic rings. The van der Waals surface area contributed by atoms with E-state index < -0.39 is 9.84 Å². The molecule has 0 aliphatic rings. The summed E-state index contributed by atoms with van der Waals surface area (Å²) < 4.78 is 30.4. The number of rotatable bonds is 6. The van der Waals surface area contributed by atoms with Crippen LogP contribution in [0.25, 0.3) is 22.6 Å². The second kappa shape index (κ2) is 7.89. The summed E-state index contributed by atoms with van der Waals surface area (Å²) in [7, 11) is -3.50. The van der Waals surface area contributed by atoms with Crippen molar-refractivity contribution in [1.29, 1.82) is 0 Å². The minimum atomic E-state index is -3.50. The van der Waals surface area contributed by atoms with Gasteiger partial charge in [0.05, 0.1) is 10.6 Å². The molecule has 3 aromatic carbocycles. The second-order valence-corrected chi connectivity index (χ2v) is 8.61.